The zero-order chi connectivity index (χ0) is 10.7. The van der Waals surface area contributed by atoms with E-state index in [0.717, 1.165) is 15.2 Å². The fourth-order valence-corrected chi connectivity index (χ4v) is 2.55. The third kappa shape index (κ3) is 2.65. The molecule has 5 nitrogen and oxygen atoms in total. The van der Waals surface area contributed by atoms with Crippen LogP contribution in [0.5, 0.6) is 0 Å². The zero-order valence-corrected chi connectivity index (χ0v) is 9.60. The molecule has 2 heterocycles. The molecule has 0 amide bonds. The van der Waals surface area contributed by atoms with Gasteiger partial charge in [0.05, 0.1) is 0 Å². The average molecular weight is 239 g/mol. The Labute approximate surface area is 95.3 Å². The van der Waals surface area contributed by atoms with Gasteiger partial charge in [-0.2, -0.15) is 4.37 Å². The van der Waals surface area contributed by atoms with Gasteiger partial charge in [-0.3, -0.25) is 0 Å². The highest BCUT2D eigenvalue weighted by Crippen LogP contribution is 2.27. The third-order valence-corrected chi connectivity index (χ3v) is 3.35. The molecule has 15 heavy (non-hydrogen) atoms. The molecule has 0 aliphatic rings. The number of nitrogens with zero attached hydrogens (tertiary/aromatic N) is 3. The normalized spacial score (nSPS) is 10.3. The molecule has 7 heteroatoms. The van der Waals surface area contributed by atoms with Crippen molar-refractivity contribution in [1.29, 1.82) is 0 Å². The summed E-state index contributed by atoms with van der Waals surface area (Å²) in [7, 11) is 0. The number of hydrazine groups is 1. The van der Waals surface area contributed by atoms with Gasteiger partial charge in [-0.25, -0.2) is 15.8 Å². The van der Waals surface area contributed by atoms with Crippen LogP contribution in [0.25, 0.3) is 0 Å². The number of aromatic nitrogens is 3. The van der Waals surface area contributed by atoms with Gasteiger partial charge in [-0.05, 0) is 42.4 Å². The van der Waals surface area contributed by atoms with Crippen LogP contribution in [-0.4, -0.2) is 14.3 Å². The summed E-state index contributed by atoms with van der Waals surface area (Å²) in [6, 6.07) is 5.59. The standard InChI is InChI=1S/C8H9N5S2/c1-5-10-8(15-13-5)14-7-4-2-3-6(11-7)12-9/h2-4H,9H2,1H3,(H,11,12). The molecular weight excluding hydrogens is 230 g/mol. The Hall–Kier alpha value is -1.18. The maximum atomic E-state index is 5.27. The van der Waals surface area contributed by atoms with Crippen LogP contribution in [0.2, 0.25) is 0 Å². The van der Waals surface area contributed by atoms with E-state index in [4.69, 9.17) is 5.84 Å². The van der Waals surface area contributed by atoms with Crippen LogP contribution in [0.15, 0.2) is 27.6 Å². The van der Waals surface area contributed by atoms with E-state index in [-0.39, 0.29) is 0 Å². The van der Waals surface area contributed by atoms with Crippen molar-refractivity contribution in [2.24, 2.45) is 5.84 Å². The van der Waals surface area contributed by atoms with Crippen LogP contribution in [0.3, 0.4) is 0 Å². The van der Waals surface area contributed by atoms with Crippen molar-refractivity contribution < 1.29 is 0 Å². The second kappa shape index (κ2) is 4.56. The van der Waals surface area contributed by atoms with Crippen LogP contribution in [0.4, 0.5) is 5.82 Å². The minimum atomic E-state index is 0.640. The van der Waals surface area contributed by atoms with E-state index >= 15 is 0 Å². The smallest absolute Gasteiger partial charge is 0.176 e. The molecule has 2 aromatic rings. The van der Waals surface area contributed by atoms with Crippen molar-refractivity contribution in [2.45, 2.75) is 16.3 Å². The van der Waals surface area contributed by atoms with E-state index in [1.165, 1.54) is 23.3 Å². The fraction of sp³-hybridized carbons (Fsp3) is 0.125. The van der Waals surface area contributed by atoms with Crippen molar-refractivity contribution in [3.63, 3.8) is 0 Å². The summed E-state index contributed by atoms with van der Waals surface area (Å²) in [6.45, 7) is 1.87. The Balaban J connectivity index is 2.16. The molecule has 0 spiro atoms. The SMILES string of the molecule is Cc1nsc(Sc2cccc(NN)n2)n1. The molecule has 0 aliphatic heterocycles. The van der Waals surface area contributed by atoms with Crippen molar-refractivity contribution in [3.8, 4) is 0 Å². The van der Waals surface area contributed by atoms with Crippen LogP contribution < -0.4 is 11.3 Å². The molecule has 3 N–H and O–H groups in total. The molecular formula is C8H9N5S2. The number of rotatable bonds is 3. The van der Waals surface area contributed by atoms with Gasteiger partial charge < -0.3 is 5.43 Å². The molecule has 2 rings (SSSR count). The van der Waals surface area contributed by atoms with Gasteiger partial charge in [0, 0.05) is 0 Å². The summed E-state index contributed by atoms with van der Waals surface area (Å²) in [5.74, 6) is 6.70. The molecule has 0 bridgehead atoms. The molecule has 0 saturated heterocycles. The third-order valence-electron chi connectivity index (χ3n) is 1.57. The minimum absolute atomic E-state index is 0.640. The largest absolute Gasteiger partial charge is 0.308 e. The van der Waals surface area contributed by atoms with Gasteiger partial charge in [-0.1, -0.05) is 6.07 Å². The summed E-state index contributed by atoms with van der Waals surface area (Å²) in [5.41, 5.74) is 2.50. The number of hydrogen-bond acceptors (Lipinski definition) is 7. The van der Waals surface area contributed by atoms with E-state index in [1.807, 2.05) is 19.1 Å². The molecule has 0 atom stereocenters. The number of nitrogen functional groups attached to an aromatic ring is 1. The fourth-order valence-electron chi connectivity index (χ4n) is 0.961. The quantitative estimate of drug-likeness (QED) is 0.627. The van der Waals surface area contributed by atoms with Crippen molar-refractivity contribution in [1.82, 2.24) is 14.3 Å². The number of aryl methyl sites for hydroxylation is 1. The molecule has 0 fully saturated rings. The monoisotopic (exact) mass is 239 g/mol. The molecule has 0 saturated carbocycles. The Morgan fingerprint density at radius 3 is 2.93 bits per heavy atom. The van der Waals surface area contributed by atoms with Gasteiger partial charge in [0.15, 0.2) is 4.34 Å². The molecule has 0 unspecified atom stereocenters. The first-order valence-electron chi connectivity index (χ1n) is 4.20. The van der Waals surface area contributed by atoms with Crippen molar-refractivity contribution >= 4 is 29.1 Å². The second-order valence-corrected chi connectivity index (χ2v) is 4.73. The number of pyridine rings is 1. The van der Waals surface area contributed by atoms with E-state index in [0.29, 0.717) is 5.82 Å². The molecule has 0 radical (unpaired) electrons. The highest BCUT2D eigenvalue weighted by Gasteiger charge is 2.04. The van der Waals surface area contributed by atoms with Crippen molar-refractivity contribution in [3.05, 3.63) is 24.0 Å². The number of nitrogens with one attached hydrogen (secondary N) is 1. The lowest BCUT2D eigenvalue weighted by atomic mass is 10.5. The van der Waals surface area contributed by atoms with Gasteiger partial charge >= 0.3 is 0 Å². The average Bonchev–Trinajstić information content (AvgIpc) is 2.64. The lowest BCUT2D eigenvalue weighted by molar-refractivity contribution is 1.08. The summed E-state index contributed by atoms with van der Waals surface area (Å²) >= 11 is 2.84. The van der Waals surface area contributed by atoms with Crippen LogP contribution in [-0.2, 0) is 0 Å². The summed E-state index contributed by atoms with van der Waals surface area (Å²) < 4.78 is 4.98. The number of nitrogens with two attached hydrogens (primary N) is 1. The maximum Gasteiger partial charge on any atom is 0.176 e. The minimum Gasteiger partial charge on any atom is -0.308 e. The van der Waals surface area contributed by atoms with E-state index in [2.05, 4.69) is 19.8 Å². The van der Waals surface area contributed by atoms with Gasteiger partial charge in [0.1, 0.15) is 16.7 Å². The Morgan fingerprint density at radius 1 is 1.40 bits per heavy atom. The Kier molecular flexibility index (Phi) is 3.14. The topological polar surface area (TPSA) is 76.7 Å². The molecule has 0 aromatic carbocycles. The first kappa shape index (κ1) is 10.3. The highest BCUT2D eigenvalue weighted by molar-refractivity contribution is 8.00. The van der Waals surface area contributed by atoms with Gasteiger partial charge in [-0.15, -0.1) is 0 Å². The number of hydrogen-bond donors (Lipinski definition) is 2. The van der Waals surface area contributed by atoms with Gasteiger partial charge in [0.2, 0.25) is 0 Å². The van der Waals surface area contributed by atoms with Crippen LogP contribution in [0.1, 0.15) is 5.82 Å². The van der Waals surface area contributed by atoms with E-state index in [9.17, 15) is 0 Å². The second-order valence-electron chi connectivity index (χ2n) is 2.71. The lowest BCUT2D eigenvalue weighted by Crippen LogP contribution is -2.08. The predicted molar refractivity (Wildman–Crippen MR) is 60.8 cm³/mol. The van der Waals surface area contributed by atoms with Crippen LogP contribution >= 0.6 is 23.3 Å². The first-order chi connectivity index (χ1) is 7.28. The summed E-state index contributed by atoms with van der Waals surface area (Å²) in [4.78, 5) is 8.50. The number of anilines is 1. The molecule has 78 valence electrons. The summed E-state index contributed by atoms with van der Waals surface area (Å²) in [6.07, 6.45) is 0. The first-order valence-corrected chi connectivity index (χ1v) is 5.79. The predicted octanol–water partition coefficient (Wildman–Crippen LogP) is 1.68. The summed E-state index contributed by atoms with van der Waals surface area (Å²) in [5, 5.41) is 0.849. The molecule has 0 aliphatic carbocycles. The van der Waals surface area contributed by atoms with E-state index in [1.54, 1.807) is 6.07 Å². The molecule has 2 aromatic heterocycles. The Bertz CT molecular complexity index is 456. The highest BCUT2D eigenvalue weighted by atomic mass is 32.2. The lowest BCUT2D eigenvalue weighted by Gasteiger charge is -2.00. The van der Waals surface area contributed by atoms with Crippen LogP contribution in [0, 0.1) is 6.92 Å². The van der Waals surface area contributed by atoms with Crippen molar-refractivity contribution in [2.75, 3.05) is 5.43 Å². The Morgan fingerprint density at radius 2 is 2.27 bits per heavy atom. The van der Waals surface area contributed by atoms with Gasteiger partial charge in [0.25, 0.3) is 0 Å². The maximum absolute atomic E-state index is 5.27. The van der Waals surface area contributed by atoms with E-state index < -0.39 is 0 Å². The zero-order valence-electron chi connectivity index (χ0n) is 7.97.